The minimum atomic E-state index is -3.25. The summed E-state index contributed by atoms with van der Waals surface area (Å²) in [6, 6.07) is 16.7. The number of aliphatic imine (C=N–C) groups is 1. The van der Waals surface area contributed by atoms with E-state index in [9.17, 15) is 8.42 Å². The summed E-state index contributed by atoms with van der Waals surface area (Å²) in [5, 5.41) is 7.38. The molecule has 0 bridgehead atoms. The van der Waals surface area contributed by atoms with Crippen LogP contribution in [-0.2, 0) is 9.84 Å². The van der Waals surface area contributed by atoms with Crippen molar-refractivity contribution in [3.63, 3.8) is 0 Å². The molecule has 0 aromatic heterocycles. The summed E-state index contributed by atoms with van der Waals surface area (Å²) in [4.78, 5) is 6.93. The Morgan fingerprint density at radius 2 is 1.97 bits per heavy atom. The van der Waals surface area contributed by atoms with Crippen LogP contribution in [0.15, 0.2) is 64.5 Å². The average Bonchev–Trinajstić information content (AvgIpc) is 3.19. The van der Waals surface area contributed by atoms with E-state index < -0.39 is 9.84 Å². The topological polar surface area (TPSA) is 73.8 Å². The maximum Gasteiger partial charge on any atom is 0.191 e. The molecule has 2 aromatic rings. The molecule has 164 valence electrons. The van der Waals surface area contributed by atoms with Crippen molar-refractivity contribution in [1.82, 2.24) is 10.6 Å². The second-order valence-electron chi connectivity index (χ2n) is 7.04. The first-order chi connectivity index (χ1) is 14.0. The van der Waals surface area contributed by atoms with Crippen molar-refractivity contribution in [2.24, 2.45) is 4.99 Å². The van der Waals surface area contributed by atoms with Crippen molar-refractivity contribution in [2.45, 2.75) is 23.8 Å². The number of hydrogen-bond acceptors (Lipinski definition) is 4. The first-order valence-corrected chi connectivity index (χ1v) is 11.8. The van der Waals surface area contributed by atoms with Crippen molar-refractivity contribution < 1.29 is 8.42 Å². The summed E-state index contributed by atoms with van der Waals surface area (Å²) in [5.41, 5.74) is 1.12. The summed E-state index contributed by atoms with van der Waals surface area (Å²) in [7, 11) is -1.52. The van der Waals surface area contributed by atoms with Gasteiger partial charge in [0.1, 0.15) is 0 Å². The van der Waals surface area contributed by atoms with Crippen molar-refractivity contribution in [1.29, 1.82) is 0 Å². The molecule has 2 aromatic carbocycles. The number of halogens is 2. The Hall–Kier alpha value is -1.52. The van der Waals surface area contributed by atoms with E-state index in [2.05, 4.69) is 26.6 Å². The number of nitrogens with one attached hydrogen (secondary N) is 2. The van der Waals surface area contributed by atoms with E-state index in [4.69, 9.17) is 11.6 Å². The van der Waals surface area contributed by atoms with Gasteiger partial charge in [-0.3, -0.25) is 4.99 Å². The van der Waals surface area contributed by atoms with Crippen LogP contribution in [-0.4, -0.2) is 52.9 Å². The zero-order chi connectivity index (χ0) is 20.7. The molecular formula is C21H28ClIN4O2S. The maximum absolute atomic E-state index is 12.3. The van der Waals surface area contributed by atoms with E-state index in [1.165, 1.54) is 0 Å². The van der Waals surface area contributed by atoms with Crippen LogP contribution in [0.3, 0.4) is 0 Å². The van der Waals surface area contributed by atoms with Gasteiger partial charge in [-0.2, -0.15) is 0 Å². The van der Waals surface area contributed by atoms with Crippen LogP contribution < -0.4 is 15.5 Å². The first-order valence-electron chi connectivity index (χ1n) is 9.73. The Balaban J connectivity index is 0.00000320. The van der Waals surface area contributed by atoms with Crippen LogP contribution in [0.2, 0.25) is 5.02 Å². The number of nitrogens with zero attached hydrogens (tertiary/aromatic N) is 2. The molecule has 0 amide bonds. The zero-order valence-corrected chi connectivity index (χ0v) is 20.8. The number of sulfone groups is 1. The molecule has 0 aliphatic carbocycles. The second kappa shape index (κ2) is 11.8. The lowest BCUT2D eigenvalue weighted by molar-refractivity contribution is 0.591. The molecule has 9 heteroatoms. The van der Waals surface area contributed by atoms with Crippen LogP contribution in [0.4, 0.5) is 5.69 Å². The zero-order valence-electron chi connectivity index (χ0n) is 16.9. The molecular weight excluding hydrogens is 535 g/mol. The Kier molecular flexibility index (Phi) is 9.70. The highest BCUT2D eigenvalue weighted by Gasteiger charge is 2.23. The van der Waals surface area contributed by atoms with E-state index in [-0.39, 0.29) is 35.8 Å². The molecule has 30 heavy (non-hydrogen) atoms. The Labute approximate surface area is 201 Å². The van der Waals surface area contributed by atoms with E-state index in [0.29, 0.717) is 23.8 Å². The van der Waals surface area contributed by atoms with Crippen molar-refractivity contribution in [3.05, 3.63) is 59.6 Å². The van der Waals surface area contributed by atoms with Gasteiger partial charge >= 0.3 is 0 Å². The smallest absolute Gasteiger partial charge is 0.191 e. The van der Waals surface area contributed by atoms with Crippen molar-refractivity contribution in [3.8, 4) is 0 Å². The number of rotatable bonds is 7. The van der Waals surface area contributed by atoms with Crippen LogP contribution in [0.1, 0.15) is 12.8 Å². The van der Waals surface area contributed by atoms with Gasteiger partial charge in [0, 0.05) is 43.4 Å². The summed E-state index contributed by atoms with van der Waals surface area (Å²) in [5.74, 6) is 0.799. The Morgan fingerprint density at radius 3 is 2.67 bits per heavy atom. The number of hydrogen-bond donors (Lipinski definition) is 2. The first kappa shape index (κ1) is 24.7. The maximum atomic E-state index is 12.3. The van der Waals surface area contributed by atoms with Gasteiger partial charge in [-0.05, 0) is 43.2 Å². The van der Waals surface area contributed by atoms with Crippen molar-refractivity contribution in [2.75, 3.05) is 37.3 Å². The molecule has 0 saturated carbocycles. The molecule has 3 rings (SSSR count). The molecule has 1 aliphatic rings. The monoisotopic (exact) mass is 562 g/mol. The predicted molar refractivity (Wildman–Crippen MR) is 135 cm³/mol. The Morgan fingerprint density at radius 1 is 1.20 bits per heavy atom. The van der Waals surface area contributed by atoms with E-state index in [1.54, 1.807) is 31.3 Å². The summed E-state index contributed by atoms with van der Waals surface area (Å²) < 4.78 is 24.7. The van der Waals surface area contributed by atoms with Crippen LogP contribution >= 0.6 is 35.6 Å². The van der Waals surface area contributed by atoms with E-state index in [0.717, 1.165) is 30.2 Å². The molecule has 0 spiro atoms. The summed E-state index contributed by atoms with van der Waals surface area (Å²) in [6.45, 7) is 2.35. The molecule has 1 fully saturated rings. The fraction of sp³-hybridized carbons (Fsp3) is 0.381. The lowest BCUT2D eigenvalue weighted by Crippen LogP contribution is -2.45. The van der Waals surface area contributed by atoms with E-state index >= 15 is 0 Å². The Bertz CT molecular complexity index is 941. The van der Waals surface area contributed by atoms with Gasteiger partial charge < -0.3 is 15.5 Å². The molecule has 1 aliphatic heterocycles. The molecule has 1 atom stereocenters. The number of benzene rings is 2. The standard InChI is InChI=1S/C21H27ClN4O2S.HI/c1-23-21(24-12-6-14-29(27,28)20-9-3-2-4-10-20)25-18-11-13-26(16-18)19-8-5-7-17(22)15-19;/h2-5,7-10,15,18H,6,11-14,16H2,1H3,(H2,23,24,25);1H. The van der Waals surface area contributed by atoms with Gasteiger partial charge in [-0.1, -0.05) is 35.9 Å². The second-order valence-corrected chi connectivity index (χ2v) is 9.59. The molecule has 2 N–H and O–H groups in total. The molecule has 1 unspecified atom stereocenters. The van der Waals surface area contributed by atoms with Gasteiger partial charge in [0.15, 0.2) is 15.8 Å². The number of anilines is 1. The van der Waals surface area contributed by atoms with Gasteiger partial charge in [0.05, 0.1) is 10.6 Å². The minimum absolute atomic E-state index is 0. The predicted octanol–water partition coefficient (Wildman–Crippen LogP) is 3.57. The minimum Gasteiger partial charge on any atom is -0.369 e. The lowest BCUT2D eigenvalue weighted by Gasteiger charge is -2.20. The quantitative estimate of drug-likeness (QED) is 0.234. The molecule has 6 nitrogen and oxygen atoms in total. The highest BCUT2D eigenvalue weighted by Crippen LogP contribution is 2.23. The average molecular weight is 563 g/mol. The number of guanidine groups is 1. The lowest BCUT2D eigenvalue weighted by atomic mass is 10.2. The van der Waals surface area contributed by atoms with Gasteiger partial charge in [-0.25, -0.2) is 8.42 Å². The summed E-state index contributed by atoms with van der Waals surface area (Å²) >= 11 is 6.09. The van der Waals surface area contributed by atoms with Crippen LogP contribution in [0.25, 0.3) is 0 Å². The third kappa shape index (κ3) is 7.02. The highest BCUT2D eigenvalue weighted by molar-refractivity contribution is 14.0. The van der Waals surface area contributed by atoms with Crippen molar-refractivity contribution >= 4 is 57.1 Å². The molecule has 0 radical (unpaired) electrons. The van der Waals surface area contributed by atoms with Crippen LogP contribution in [0.5, 0.6) is 0 Å². The third-order valence-electron chi connectivity index (χ3n) is 4.91. The van der Waals surface area contributed by atoms with Gasteiger partial charge in [-0.15, -0.1) is 24.0 Å². The fourth-order valence-corrected chi connectivity index (χ4v) is 4.90. The van der Waals surface area contributed by atoms with Gasteiger partial charge in [0.25, 0.3) is 0 Å². The van der Waals surface area contributed by atoms with Gasteiger partial charge in [0.2, 0.25) is 0 Å². The highest BCUT2D eigenvalue weighted by atomic mass is 127. The third-order valence-corrected chi connectivity index (χ3v) is 6.96. The molecule has 1 heterocycles. The fourth-order valence-electron chi connectivity index (χ4n) is 3.39. The normalized spacial score (nSPS) is 16.8. The van der Waals surface area contributed by atoms with E-state index in [1.807, 2.05) is 24.3 Å². The summed E-state index contributed by atoms with van der Waals surface area (Å²) in [6.07, 6.45) is 1.51. The largest absolute Gasteiger partial charge is 0.369 e. The molecule has 1 saturated heterocycles. The SMILES string of the molecule is CN=C(NCCCS(=O)(=O)c1ccccc1)NC1CCN(c2cccc(Cl)c2)C1.I. The van der Waals surface area contributed by atoms with Crippen LogP contribution in [0, 0.1) is 0 Å².